The summed E-state index contributed by atoms with van der Waals surface area (Å²) in [6.45, 7) is 1.84. The maximum atomic E-state index is 12.6. The molecule has 3 aromatic carbocycles. The highest BCUT2D eigenvalue weighted by molar-refractivity contribution is 7.92. The second kappa shape index (κ2) is 7.82. The number of anilines is 2. The van der Waals surface area contributed by atoms with Crippen molar-refractivity contribution in [2.75, 3.05) is 10.0 Å². The molecule has 5 nitrogen and oxygen atoms in total. The maximum absolute atomic E-state index is 12.6. The van der Waals surface area contributed by atoms with Crippen molar-refractivity contribution < 1.29 is 13.2 Å². The van der Waals surface area contributed by atoms with Gasteiger partial charge in [-0.3, -0.25) is 9.52 Å². The number of hydrogen-bond acceptors (Lipinski definition) is 3. The van der Waals surface area contributed by atoms with Gasteiger partial charge in [-0.2, -0.15) is 0 Å². The first kappa shape index (κ1) is 18.9. The van der Waals surface area contributed by atoms with Crippen molar-refractivity contribution in [2.45, 2.75) is 11.8 Å². The number of amides is 1. The molecule has 1 amide bonds. The van der Waals surface area contributed by atoms with Crippen LogP contribution in [0.5, 0.6) is 0 Å². The quantitative estimate of drug-likeness (QED) is 0.651. The first-order chi connectivity index (χ1) is 12.8. The summed E-state index contributed by atoms with van der Waals surface area (Å²) >= 11 is 5.97. The molecule has 2 N–H and O–H groups in total. The van der Waals surface area contributed by atoms with Crippen LogP contribution >= 0.6 is 11.6 Å². The first-order valence-electron chi connectivity index (χ1n) is 8.10. The third-order valence-electron chi connectivity index (χ3n) is 3.88. The molecule has 138 valence electrons. The molecule has 3 aromatic rings. The molecular formula is C20H17ClN2O3S. The zero-order valence-corrected chi connectivity index (χ0v) is 16.0. The van der Waals surface area contributed by atoms with E-state index >= 15 is 0 Å². The number of nitrogens with one attached hydrogen (secondary N) is 2. The third kappa shape index (κ3) is 4.67. The Morgan fingerprint density at radius 3 is 2.41 bits per heavy atom. The minimum Gasteiger partial charge on any atom is -0.322 e. The van der Waals surface area contributed by atoms with Crippen LogP contribution < -0.4 is 10.0 Å². The second-order valence-electron chi connectivity index (χ2n) is 5.91. The molecule has 7 heteroatoms. The number of hydrogen-bond donors (Lipinski definition) is 2. The van der Waals surface area contributed by atoms with E-state index < -0.39 is 15.9 Å². The highest BCUT2D eigenvalue weighted by Gasteiger charge is 2.17. The van der Waals surface area contributed by atoms with Crippen molar-refractivity contribution in [2.24, 2.45) is 0 Å². The molecule has 3 rings (SSSR count). The second-order valence-corrected chi connectivity index (χ2v) is 8.03. The largest absolute Gasteiger partial charge is 0.322 e. The number of halogens is 1. The summed E-state index contributed by atoms with van der Waals surface area (Å²) < 4.78 is 27.6. The number of para-hydroxylation sites is 1. The minimum absolute atomic E-state index is 0.00168. The van der Waals surface area contributed by atoms with Gasteiger partial charge in [-0.05, 0) is 55.0 Å². The van der Waals surface area contributed by atoms with Gasteiger partial charge in [-0.15, -0.1) is 0 Å². The lowest BCUT2D eigenvalue weighted by Crippen LogP contribution is -2.16. The molecule has 0 fully saturated rings. The average Bonchev–Trinajstić information content (AvgIpc) is 2.65. The lowest BCUT2D eigenvalue weighted by atomic mass is 10.1. The van der Waals surface area contributed by atoms with E-state index in [1.165, 1.54) is 18.2 Å². The average molecular weight is 401 g/mol. The summed E-state index contributed by atoms with van der Waals surface area (Å²) in [6, 6.07) is 19.6. The number of carbonyl (C=O) groups is 1. The van der Waals surface area contributed by atoms with Gasteiger partial charge < -0.3 is 5.32 Å². The van der Waals surface area contributed by atoms with Crippen LogP contribution in [0.15, 0.2) is 77.7 Å². The van der Waals surface area contributed by atoms with Crippen molar-refractivity contribution in [3.63, 3.8) is 0 Å². The van der Waals surface area contributed by atoms with E-state index in [-0.39, 0.29) is 10.5 Å². The van der Waals surface area contributed by atoms with Gasteiger partial charge in [0.05, 0.1) is 4.90 Å². The number of sulfonamides is 1. The molecule has 0 aromatic heterocycles. The minimum atomic E-state index is -3.81. The lowest BCUT2D eigenvalue weighted by molar-refractivity contribution is 0.102. The van der Waals surface area contributed by atoms with Crippen molar-refractivity contribution in [1.82, 2.24) is 0 Å². The van der Waals surface area contributed by atoms with E-state index in [0.717, 1.165) is 5.56 Å². The Hall–Kier alpha value is -2.83. The fourth-order valence-corrected chi connectivity index (χ4v) is 3.72. The summed E-state index contributed by atoms with van der Waals surface area (Å²) in [6.07, 6.45) is 0. The summed E-state index contributed by atoms with van der Waals surface area (Å²) in [5, 5.41) is 3.26. The molecule has 0 atom stereocenters. The zero-order chi connectivity index (χ0) is 19.4. The molecule has 0 aliphatic rings. The van der Waals surface area contributed by atoms with Crippen LogP contribution in [-0.2, 0) is 10.0 Å². The third-order valence-corrected chi connectivity index (χ3v) is 5.49. The van der Waals surface area contributed by atoms with E-state index in [9.17, 15) is 13.2 Å². The van der Waals surface area contributed by atoms with Gasteiger partial charge in [0.1, 0.15) is 0 Å². The van der Waals surface area contributed by atoms with Crippen LogP contribution in [-0.4, -0.2) is 14.3 Å². The molecule has 0 radical (unpaired) electrons. The highest BCUT2D eigenvalue weighted by atomic mass is 35.5. The molecule has 0 bridgehead atoms. The molecule has 27 heavy (non-hydrogen) atoms. The van der Waals surface area contributed by atoms with Crippen molar-refractivity contribution >= 4 is 38.9 Å². The van der Waals surface area contributed by atoms with Crippen LogP contribution in [0.3, 0.4) is 0 Å². The van der Waals surface area contributed by atoms with Gasteiger partial charge in [-0.1, -0.05) is 41.9 Å². The van der Waals surface area contributed by atoms with Crippen LogP contribution in [0.25, 0.3) is 0 Å². The monoisotopic (exact) mass is 400 g/mol. The summed E-state index contributed by atoms with van der Waals surface area (Å²) in [5.74, 6) is -0.419. The first-order valence-corrected chi connectivity index (χ1v) is 9.97. The van der Waals surface area contributed by atoms with Crippen molar-refractivity contribution in [3.05, 3.63) is 88.9 Å². The number of aryl methyl sites for hydroxylation is 1. The smallest absolute Gasteiger partial charge is 0.261 e. The van der Waals surface area contributed by atoms with Crippen LogP contribution in [0, 0.1) is 6.92 Å². The molecule has 0 unspecified atom stereocenters. The standard InChI is InChI=1S/C20H17ClN2O3S/c1-14-10-11-16(21)13-19(14)22-20(24)15-6-5-9-18(12-15)27(25,26)23-17-7-3-2-4-8-17/h2-13,23H,1H3,(H,22,24). The number of rotatable bonds is 5. The normalized spacial score (nSPS) is 11.0. The van der Waals surface area contributed by atoms with Crippen molar-refractivity contribution in [1.29, 1.82) is 0 Å². The van der Waals surface area contributed by atoms with Gasteiger partial charge in [0.25, 0.3) is 15.9 Å². The Labute approximate surface area is 163 Å². The van der Waals surface area contributed by atoms with Crippen LogP contribution in [0.2, 0.25) is 5.02 Å². The van der Waals surface area contributed by atoms with Gasteiger partial charge in [-0.25, -0.2) is 8.42 Å². The highest BCUT2D eigenvalue weighted by Crippen LogP contribution is 2.22. The fraction of sp³-hybridized carbons (Fsp3) is 0.0500. The maximum Gasteiger partial charge on any atom is 0.261 e. The Morgan fingerprint density at radius 2 is 1.67 bits per heavy atom. The topological polar surface area (TPSA) is 75.3 Å². The van der Waals surface area contributed by atoms with Crippen LogP contribution in [0.1, 0.15) is 15.9 Å². The summed E-state index contributed by atoms with van der Waals surface area (Å²) in [7, 11) is -3.81. The molecule has 0 saturated heterocycles. The zero-order valence-electron chi connectivity index (χ0n) is 14.4. The Bertz CT molecular complexity index is 1080. The molecule has 0 aliphatic carbocycles. The molecule has 0 heterocycles. The lowest BCUT2D eigenvalue weighted by Gasteiger charge is -2.11. The molecule has 0 saturated carbocycles. The van der Waals surface area contributed by atoms with E-state index in [1.807, 2.05) is 6.92 Å². The van der Waals surface area contributed by atoms with E-state index in [2.05, 4.69) is 10.0 Å². The fourth-order valence-electron chi connectivity index (χ4n) is 2.45. The van der Waals surface area contributed by atoms with E-state index in [1.54, 1.807) is 54.6 Å². The van der Waals surface area contributed by atoms with Gasteiger partial charge in [0, 0.05) is 22.0 Å². The van der Waals surface area contributed by atoms with Gasteiger partial charge >= 0.3 is 0 Å². The predicted octanol–water partition coefficient (Wildman–Crippen LogP) is 4.70. The number of carbonyl (C=O) groups excluding carboxylic acids is 1. The SMILES string of the molecule is Cc1ccc(Cl)cc1NC(=O)c1cccc(S(=O)(=O)Nc2ccccc2)c1. The summed E-state index contributed by atoms with van der Waals surface area (Å²) in [5.41, 5.74) is 2.10. The van der Waals surface area contributed by atoms with Gasteiger partial charge in [0.15, 0.2) is 0 Å². The van der Waals surface area contributed by atoms with Crippen molar-refractivity contribution in [3.8, 4) is 0 Å². The number of benzene rings is 3. The summed E-state index contributed by atoms with van der Waals surface area (Å²) in [4.78, 5) is 12.5. The molecule has 0 aliphatic heterocycles. The Balaban J connectivity index is 1.84. The Kier molecular flexibility index (Phi) is 5.48. The van der Waals surface area contributed by atoms with Gasteiger partial charge in [0.2, 0.25) is 0 Å². The molecular weight excluding hydrogens is 384 g/mol. The van der Waals surface area contributed by atoms with E-state index in [0.29, 0.717) is 16.4 Å². The van der Waals surface area contributed by atoms with Crippen LogP contribution in [0.4, 0.5) is 11.4 Å². The Morgan fingerprint density at radius 1 is 0.926 bits per heavy atom. The molecule has 0 spiro atoms. The predicted molar refractivity (Wildman–Crippen MR) is 108 cm³/mol. The van der Waals surface area contributed by atoms with E-state index in [4.69, 9.17) is 11.6 Å².